The highest BCUT2D eigenvalue weighted by Gasteiger charge is 2.14. The molecular weight excluding hydrogens is 192 g/mol. The zero-order valence-electron chi connectivity index (χ0n) is 8.68. The first-order valence-corrected chi connectivity index (χ1v) is 4.74. The van der Waals surface area contributed by atoms with Crippen molar-refractivity contribution in [3.8, 4) is 0 Å². The molecule has 0 aliphatic rings. The second-order valence-electron chi connectivity index (χ2n) is 3.00. The highest BCUT2D eigenvalue weighted by molar-refractivity contribution is 5.92. The van der Waals surface area contributed by atoms with E-state index in [0.29, 0.717) is 12.2 Å². The van der Waals surface area contributed by atoms with Crippen molar-refractivity contribution < 1.29 is 9.90 Å². The molecule has 0 bridgehead atoms. The van der Waals surface area contributed by atoms with Crippen LogP contribution in [-0.2, 0) is 0 Å². The average molecular weight is 206 g/mol. The van der Waals surface area contributed by atoms with E-state index in [2.05, 4.69) is 11.6 Å². The Morgan fingerprint density at radius 1 is 1.73 bits per heavy atom. The van der Waals surface area contributed by atoms with Crippen LogP contribution in [0.5, 0.6) is 0 Å². The fourth-order valence-electron chi connectivity index (χ4n) is 1.37. The van der Waals surface area contributed by atoms with Gasteiger partial charge < -0.3 is 10.0 Å². The molecule has 0 fully saturated rings. The molecule has 1 aromatic heterocycles. The zero-order chi connectivity index (χ0) is 11.3. The van der Waals surface area contributed by atoms with Crippen molar-refractivity contribution >= 4 is 11.7 Å². The van der Waals surface area contributed by atoms with Crippen LogP contribution in [0, 0.1) is 0 Å². The van der Waals surface area contributed by atoms with Gasteiger partial charge in [-0.1, -0.05) is 6.08 Å². The lowest BCUT2D eigenvalue weighted by atomic mass is 10.2. The fraction of sp³-hybridized carbons (Fsp3) is 0.273. The number of nitrogens with zero attached hydrogens (tertiary/aromatic N) is 2. The smallest absolute Gasteiger partial charge is 0.356 e. The lowest BCUT2D eigenvalue weighted by Gasteiger charge is -2.22. The summed E-state index contributed by atoms with van der Waals surface area (Å²) >= 11 is 0. The fourth-order valence-corrected chi connectivity index (χ4v) is 1.37. The van der Waals surface area contributed by atoms with Crippen molar-refractivity contribution in [3.05, 3.63) is 36.7 Å². The van der Waals surface area contributed by atoms with E-state index in [-0.39, 0.29) is 5.69 Å². The Morgan fingerprint density at radius 2 is 2.47 bits per heavy atom. The minimum absolute atomic E-state index is 0.0844. The summed E-state index contributed by atoms with van der Waals surface area (Å²) in [6.07, 6.45) is 3.22. The molecule has 0 aliphatic carbocycles. The molecule has 0 amide bonds. The third-order valence-electron chi connectivity index (χ3n) is 2.06. The maximum atomic E-state index is 10.9. The summed E-state index contributed by atoms with van der Waals surface area (Å²) in [5.41, 5.74) is 0.716. The molecule has 1 heterocycles. The summed E-state index contributed by atoms with van der Waals surface area (Å²) in [4.78, 5) is 16.7. The minimum atomic E-state index is -1.01. The van der Waals surface area contributed by atoms with Crippen molar-refractivity contribution in [2.45, 2.75) is 6.92 Å². The number of aromatic carboxylic acids is 1. The van der Waals surface area contributed by atoms with Crippen molar-refractivity contribution in [2.24, 2.45) is 0 Å². The van der Waals surface area contributed by atoms with Gasteiger partial charge in [0.2, 0.25) is 0 Å². The molecule has 0 atom stereocenters. The first-order chi connectivity index (χ1) is 7.20. The first-order valence-electron chi connectivity index (χ1n) is 4.74. The Hall–Kier alpha value is -1.84. The molecular formula is C11H14N2O2. The van der Waals surface area contributed by atoms with Gasteiger partial charge in [0.05, 0.1) is 5.69 Å². The van der Waals surface area contributed by atoms with Crippen molar-refractivity contribution in [1.82, 2.24) is 4.98 Å². The normalized spacial score (nSPS) is 9.67. The third-order valence-corrected chi connectivity index (χ3v) is 2.06. The van der Waals surface area contributed by atoms with Gasteiger partial charge in [0.25, 0.3) is 0 Å². The largest absolute Gasteiger partial charge is 0.476 e. The van der Waals surface area contributed by atoms with Crippen LogP contribution in [0.25, 0.3) is 0 Å². The molecule has 1 rings (SSSR count). The van der Waals surface area contributed by atoms with Crippen LogP contribution in [0.3, 0.4) is 0 Å². The standard InChI is InChI=1S/C11H14N2O2/c1-3-8-13(4-2)9-6-5-7-12-10(9)11(14)15/h3,5-7H,1,4,8H2,2H3,(H,14,15). The Labute approximate surface area is 88.9 Å². The molecule has 15 heavy (non-hydrogen) atoms. The second-order valence-corrected chi connectivity index (χ2v) is 3.00. The molecule has 0 radical (unpaired) electrons. The zero-order valence-corrected chi connectivity index (χ0v) is 8.68. The first kappa shape index (κ1) is 11.2. The van der Waals surface area contributed by atoms with Gasteiger partial charge in [-0.2, -0.15) is 0 Å². The molecule has 0 saturated heterocycles. The molecule has 4 nitrogen and oxygen atoms in total. The summed E-state index contributed by atoms with van der Waals surface area (Å²) in [6.45, 7) is 6.93. The average Bonchev–Trinajstić information content (AvgIpc) is 2.26. The predicted octanol–water partition coefficient (Wildman–Crippen LogP) is 1.79. The van der Waals surface area contributed by atoms with Crippen LogP contribution in [0.2, 0.25) is 0 Å². The van der Waals surface area contributed by atoms with Crippen LogP contribution in [0.4, 0.5) is 5.69 Å². The number of carboxylic acid groups (broad SMARTS) is 1. The molecule has 0 unspecified atom stereocenters. The number of carbonyl (C=O) groups is 1. The monoisotopic (exact) mass is 206 g/mol. The summed E-state index contributed by atoms with van der Waals surface area (Å²) < 4.78 is 0. The lowest BCUT2D eigenvalue weighted by Crippen LogP contribution is -2.25. The van der Waals surface area contributed by atoms with E-state index < -0.39 is 5.97 Å². The molecule has 0 aromatic carbocycles. The Bertz CT molecular complexity index is 363. The summed E-state index contributed by atoms with van der Waals surface area (Å²) in [5, 5.41) is 8.96. The lowest BCUT2D eigenvalue weighted by molar-refractivity contribution is 0.0691. The van der Waals surface area contributed by atoms with Crippen molar-refractivity contribution in [1.29, 1.82) is 0 Å². The van der Waals surface area contributed by atoms with Crippen LogP contribution in [0.15, 0.2) is 31.0 Å². The van der Waals surface area contributed by atoms with Crippen LogP contribution in [0.1, 0.15) is 17.4 Å². The van der Waals surface area contributed by atoms with E-state index in [0.717, 1.165) is 6.54 Å². The van der Waals surface area contributed by atoms with E-state index in [1.807, 2.05) is 11.8 Å². The van der Waals surface area contributed by atoms with Crippen LogP contribution >= 0.6 is 0 Å². The SMILES string of the molecule is C=CCN(CC)c1cccnc1C(=O)O. The van der Waals surface area contributed by atoms with Crippen LogP contribution < -0.4 is 4.90 Å². The number of rotatable bonds is 5. The van der Waals surface area contributed by atoms with Gasteiger partial charge >= 0.3 is 5.97 Å². The molecule has 1 N–H and O–H groups in total. The van der Waals surface area contributed by atoms with Gasteiger partial charge in [0.15, 0.2) is 5.69 Å². The summed E-state index contributed by atoms with van der Waals surface area (Å²) in [7, 11) is 0. The van der Waals surface area contributed by atoms with E-state index >= 15 is 0 Å². The highest BCUT2D eigenvalue weighted by atomic mass is 16.4. The van der Waals surface area contributed by atoms with Gasteiger partial charge in [0.1, 0.15) is 0 Å². The molecule has 4 heteroatoms. The summed E-state index contributed by atoms with van der Waals surface area (Å²) in [6, 6.07) is 3.48. The van der Waals surface area contributed by atoms with Gasteiger partial charge in [-0.05, 0) is 19.1 Å². The van der Waals surface area contributed by atoms with Gasteiger partial charge in [-0.3, -0.25) is 0 Å². The third kappa shape index (κ3) is 2.56. The second kappa shape index (κ2) is 5.14. The highest BCUT2D eigenvalue weighted by Crippen LogP contribution is 2.17. The minimum Gasteiger partial charge on any atom is -0.476 e. The predicted molar refractivity (Wildman–Crippen MR) is 59.3 cm³/mol. The Kier molecular flexibility index (Phi) is 3.85. The van der Waals surface area contributed by atoms with E-state index in [4.69, 9.17) is 5.11 Å². The number of carboxylic acids is 1. The van der Waals surface area contributed by atoms with E-state index in [9.17, 15) is 4.79 Å². The Balaban J connectivity index is 3.09. The number of anilines is 1. The van der Waals surface area contributed by atoms with E-state index in [1.165, 1.54) is 6.20 Å². The summed E-state index contributed by atoms with van der Waals surface area (Å²) in [5.74, 6) is -1.01. The van der Waals surface area contributed by atoms with Crippen molar-refractivity contribution in [3.63, 3.8) is 0 Å². The molecule has 0 spiro atoms. The van der Waals surface area contributed by atoms with Gasteiger partial charge in [0, 0.05) is 19.3 Å². The maximum Gasteiger partial charge on any atom is 0.356 e. The van der Waals surface area contributed by atoms with Gasteiger partial charge in [-0.25, -0.2) is 9.78 Å². The molecule has 80 valence electrons. The number of hydrogen-bond acceptors (Lipinski definition) is 3. The number of hydrogen-bond donors (Lipinski definition) is 1. The number of pyridine rings is 1. The quantitative estimate of drug-likeness (QED) is 0.746. The molecule has 1 aromatic rings. The maximum absolute atomic E-state index is 10.9. The van der Waals surface area contributed by atoms with E-state index in [1.54, 1.807) is 18.2 Å². The molecule has 0 saturated carbocycles. The Morgan fingerprint density at radius 3 is 3.00 bits per heavy atom. The molecule has 0 aliphatic heterocycles. The number of aromatic nitrogens is 1. The van der Waals surface area contributed by atoms with Crippen molar-refractivity contribution in [2.75, 3.05) is 18.0 Å². The number of likely N-dealkylation sites (N-methyl/N-ethyl adjacent to an activating group) is 1. The topological polar surface area (TPSA) is 53.4 Å². The van der Waals surface area contributed by atoms with Crippen LogP contribution in [-0.4, -0.2) is 29.1 Å². The van der Waals surface area contributed by atoms with Gasteiger partial charge in [-0.15, -0.1) is 6.58 Å².